The van der Waals surface area contributed by atoms with Crippen LogP contribution in [0, 0.1) is 0 Å². The average molecular weight is 232 g/mol. The van der Waals surface area contributed by atoms with Gasteiger partial charge in [0, 0.05) is 31.2 Å². The number of nitrogens with zero attached hydrogens (tertiary/aromatic N) is 1. The summed E-state index contributed by atoms with van der Waals surface area (Å²) in [4.78, 5) is 14.1. The van der Waals surface area contributed by atoms with Gasteiger partial charge in [0.25, 0.3) is 0 Å². The van der Waals surface area contributed by atoms with Crippen LogP contribution in [0.25, 0.3) is 0 Å². The molecule has 17 heavy (non-hydrogen) atoms. The van der Waals surface area contributed by atoms with Crippen molar-refractivity contribution in [3.05, 3.63) is 29.8 Å². The minimum Gasteiger partial charge on any atom is -0.311 e. The quantitative estimate of drug-likeness (QED) is 0.848. The molecule has 0 bridgehead atoms. The van der Waals surface area contributed by atoms with E-state index in [-0.39, 0.29) is 5.91 Å². The first-order chi connectivity index (χ1) is 8.22. The number of carbonyl (C=O) groups excluding carboxylic acids is 1. The van der Waals surface area contributed by atoms with Crippen molar-refractivity contribution in [2.75, 3.05) is 11.4 Å². The Morgan fingerprint density at radius 2 is 2.24 bits per heavy atom. The van der Waals surface area contributed by atoms with Crippen LogP contribution in [0.4, 0.5) is 5.69 Å². The highest BCUT2D eigenvalue weighted by atomic mass is 16.2. The fourth-order valence-electron chi connectivity index (χ4n) is 2.23. The molecule has 1 aliphatic heterocycles. The molecule has 3 heteroatoms. The molecule has 0 spiro atoms. The van der Waals surface area contributed by atoms with E-state index in [1.165, 1.54) is 5.56 Å². The molecule has 1 aromatic rings. The van der Waals surface area contributed by atoms with Crippen molar-refractivity contribution in [2.24, 2.45) is 0 Å². The molecule has 0 saturated carbocycles. The molecule has 1 aromatic carbocycles. The molecule has 0 radical (unpaired) electrons. The molecular formula is C14H20N2O. The Hall–Kier alpha value is -1.35. The third-order valence-electron chi connectivity index (χ3n) is 3.14. The summed E-state index contributed by atoms with van der Waals surface area (Å²) in [6.07, 6.45) is 1.53. The molecule has 1 aliphatic rings. The van der Waals surface area contributed by atoms with E-state index in [9.17, 15) is 4.79 Å². The minimum atomic E-state index is 0.232. The maximum absolute atomic E-state index is 12.2. The van der Waals surface area contributed by atoms with Crippen LogP contribution in [-0.2, 0) is 11.3 Å². The minimum absolute atomic E-state index is 0.232. The van der Waals surface area contributed by atoms with Crippen molar-refractivity contribution in [2.45, 2.75) is 39.3 Å². The Kier molecular flexibility index (Phi) is 3.79. The fraction of sp³-hybridized carbons (Fsp3) is 0.500. The predicted molar refractivity (Wildman–Crippen MR) is 70.0 cm³/mol. The molecular weight excluding hydrogens is 212 g/mol. The summed E-state index contributed by atoms with van der Waals surface area (Å²) in [5.74, 6) is 0.232. The lowest BCUT2D eigenvalue weighted by atomic mass is 10.1. The SMILES string of the molecule is CCCC(=O)N1CC(C)NCc2ccccc21. The molecule has 2 rings (SSSR count). The van der Waals surface area contributed by atoms with E-state index in [4.69, 9.17) is 0 Å². The van der Waals surface area contributed by atoms with Gasteiger partial charge in [-0.1, -0.05) is 25.1 Å². The Labute approximate surface area is 103 Å². The van der Waals surface area contributed by atoms with Crippen LogP contribution in [0.15, 0.2) is 24.3 Å². The van der Waals surface area contributed by atoms with E-state index < -0.39 is 0 Å². The van der Waals surface area contributed by atoms with Crippen molar-refractivity contribution in [3.63, 3.8) is 0 Å². The second-order valence-corrected chi connectivity index (χ2v) is 4.67. The van der Waals surface area contributed by atoms with Crippen LogP contribution in [0.1, 0.15) is 32.3 Å². The number of fused-ring (bicyclic) bond motifs is 1. The summed E-state index contributed by atoms with van der Waals surface area (Å²) >= 11 is 0. The van der Waals surface area contributed by atoms with Crippen LogP contribution in [0.2, 0.25) is 0 Å². The molecule has 1 atom stereocenters. The number of carbonyl (C=O) groups is 1. The zero-order valence-corrected chi connectivity index (χ0v) is 10.6. The molecule has 0 aliphatic carbocycles. The van der Waals surface area contributed by atoms with E-state index >= 15 is 0 Å². The van der Waals surface area contributed by atoms with Crippen molar-refractivity contribution < 1.29 is 4.79 Å². The Bertz CT molecular complexity index is 403. The second-order valence-electron chi connectivity index (χ2n) is 4.67. The summed E-state index contributed by atoms with van der Waals surface area (Å²) in [6, 6.07) is 8.50. The molecule has 0 fully saturated rings. The van der Waals surface area contributed by atoms with E-state index in [0.29, 0.717) is 12.5 Å². The first-order valence-electron chi connectivity index (χ1n) is 6.34. The monoisotopic (exact) mass is 232 g/mol. The topological polar surface area (TPSA) is 32.3 Å². The molecule has 0 aromatic heterocycles. The summed E-state index contributed by atoms with van der Waals surface area (Å²) in [7, 11) is 0. The summed E-state index contributed by atoms with van der Waals surface area (Å²) in [6.45, 7) is 5.77. The van der Waals surface area contributed by atoms with Crippen molar-refractivity contribution in [1.82, 2.24) is 5.32 Å². The smallest absolute Gasteiger partial charge is 0.227 e. The highest BCUT2D eigenvalue weighted by molar-refractivity contribution is 5.94. The van der Waals surface area contributed by atoms with E-state index in [0.717, 1.165) is 25.2 Å². The highest BCUT2D eigenvalue weighted by Gasteiger charge is 2.22. The second kappa shape index (κ2) is 5.32. The lowest BCUT2D eigenvalue weighted by molar-refractivity contribution is -0.118. The third kappa shape index (κ3) is 2.67. The highest BCUT2D eigenvalue weighted by Crippen LogP contribution is 2.24. The standard InChI is InChI=1S/C14H20N2O/c1-3-6-14(17)16-10-11(2)15-9-12-7-4-5-8-13(12)16/h4-5,7-8,11,15H,3,6,9-10H2,1-2H3. The number of hydrogen-bond donors (Lipinski definition) is 1. The van der Waals surface area contributed by atoms with E-state index in [2.05, 4.69) is 18.3 Å². The van der Waals surface area contributed by atoms with Crippen LogP contribution in [0.3, 0.4) is 0 Å². The van der Waals surface area contributed by atoms with Gasteiger partial charge in [-0.15, -0.1) is 0 Å². The van der Waals surface area contributed by atoms with Gasteiger partial charge in [-0.3, -0.25) is 4.79 Å². The van der Waals surface area contributed by atoms with Crippen LogP contribution in [-0.4, -0.2) is 18.5 Å². The molecule has 1 N–H and O–H groups in total. The van der Waals surface area contributed by atoms with Gasteiger partial charge in [-0.05, 0) is 25.0 Å². The van der Waals surface area contributed by atoms with Gasteiger partial charge in [-0.2, -0.15) is 0 Å². The number of anilines is 1. The normalized spacial score (nSPS) is 19.6. The lowest BCUT2D eigenvalue weighted by Crippen LogP contribution is -2.39. The number of para-hydroxylation sites is 1. The van der Waals surface area contributed by atoms with Gasteiger partial charge in [0.2, 0.25) is 5.91 Å². The molecule has 1 heterocycles. The lowest BCUT2D eigenvalue weighted by Gasteiger charge is -2.24. The summed E-state index contributed by atoms with van der Waals surface area (Å²) in [5.41, 5.74) is 2.28. The number of nitrogens with one attached hydrogen (secondary N) is 1. The van der Waals surface area contributed by atoms with Crippen molar-refractivity contribution >= 4 is 11.6 Å². The van der Waals surface area contributed by atoms with Gasteiger partial charge in [-0.25, -0.2) is 0 Å². The summed E-state index contributed by atoms with van der Waals surface area (Å²) < 4.78 is 0. The van der Waals surface area contributed by atoms with Gasteiger partial charge in [0.1, 0.15) is 0 Å². The zero-order valence-electron chi connectivity index (χ0n) is 10.6. The third-order valence-corrected chi connectivity index (χ3v) is 3.14. The number of amides is 1. The van der Waals surface area contributed by atoms with E-state index in [1.807, 2.05) is 30.0 Å². The molecule has 92 valence electrons. The van der Waals surface area contributed by atoms with Crippen molar-refractivity contribution in [1.29, 1.82) is 0 Å². The van der Waals surface area contributed by atoms with Gasteiger partial charge >= 0.3 is 0 Å². The molecule has 3 nitrogen and oxygen atoms in total. The van der Waals surface area contributed by atoms with E-state index in [1.54, 1.807) is 0 Å². The Morgan fingerprint density at radius 1 is 1.47 bits per heavy atom. The van der Waals surface area contributed by atoms with Gasteiger partial charge in [0.05, 0.1) is 0 Å². The van der Waals surface area contributed by atoms with Gasteiger partial charge < -0.3 is 10.2 Å². The first-order valence-corrected chi connectivity index (χ1v) is 6.34. The van der Waals surface area contributed by atoms with Crippen molar-refractivity contribution in [3.8, 4) is 0 Å². The zero-order chi connectivity index (χ0) is 12.3. The average Bonchev–Trinajstić information content (AvgIpc) is 2.50. The fourth-order valence-corrected chi connectivity index (χ4v) is 2.23. The maximum Gasteiger partial charge on any atom is 0.227 e. The molecule has 0 saturated heterocycles. The largest absolute Gasteiger partial charge is 0.311 e. The summed E-state index contributed by atoms with van der Waals surface area (Å²) in [5, 5.41) is 3.43. The van der Waals surface area contributed by atoms with Crippen LogP contribution in [0.5, 0.6) is 0 Å². The first kappa shape index (κ1) is 12.1. The Balaban J connectivity index is 2.32. The molecule has 1 amide bonds. The number of hydrogen-bond acceptors (Lipinski definition) is 2. The number of benzene rings is 1. The van der Waals surface area contributed by atoms with Gasteiger partial charge in [0.15, 0.2) is 0 Å². The van der Waals surface area contributed by atoms with Crippen LogP contribution < -0.4 is 10.2 Å². The predicted octanol–water partition coefficient (Wildman–Crippen LogP) is 2.31. The molecule has 1 unspecified atom stereocenters. The number of rotatable bonds is 2. The maximum atomic E-state index is 12.2. The van der Waals surface area contributed by atoms with Crippen LogP contribution >= 0.6 is 0 Å². The Morgan fingerprint density at radius 3 is 3.00 bits per heavy atom.